The van der Waals surface area contributed by atoms with Crippen molar-refractivity contribution in [1.82, 2.24) is 10.6 Å². The van der Waals surface area contributed by atoms with E-state index in [1.807, 2.05) is 36.4 Å². The number of hydrogen-bond acceptors (Lipinski definition) is 4. The molecule has 0 heterocycles. The number of ether oxygens (including phenoxy) is 3. The summed E-state index contributed by atoms with van der Waals surface area (Å²) < 4.78 is 16.6. The van der Waals surface area contributed by atoms with E-state index < -0.39 is 0 Å². The summed E-state index contributed by atoms with van der Waals surface area (Å²) in [6.45, 7) is 6.32. The summed E-state index contributed by atoms with van der Waals surface area (Å²) in [4.78, 5) is 4.30. The first-order chi connectivity index (χ1) is 14.7. The summed E-state index contributed by atoms with van der Waals surface area (Å²) in [6.07, 6.45) is 0.878. The summed E-state index contributed by atoms with van der Waals surface area (Å²) in [5.74, 6) is 2.02. The molecule has 6 heteroatoms. The van der Waals surface area contributed by atoms with Gasteiger partial charge in [-0.15, -0.1) is 0 Å². The fraction of sp³-hybridized carbons (Fsp3) is 0.458. The third kappa shape index (κ3) is 9.76. The molecule has 1 unspecified atom stereocenters. The van der Waals surface area contributed by atoms with Crippen LogP contribution in [-0.2, 0) is 22.6 Å². The van der Waals surface area contributed by atoms with E-state index in [1.54, 1.807) is 14.2 Å². The van der Waals surface area contributed by atoms with Crippen LogP contribution in [0, 0.1) is 5.92 Å². The Morgan fingerprint density at radius 2 is 1.80 bits per heavy atom. The molecule has 2 rings (SSSR count). The molecule has 0 fully saturated rings. The lowest BCUT2D eigenvalue weighted by molar-refractivity contribution is 0.0931. The van der Waals surface area contributed by atoms with Crippen molar-refractivity contribution < 1.29 is 14.2 Å². The van der Waals surface area contributed by atoms with Crippen LogP contribution in [0.15, 0.2) is 59.6 Å². The van der Waals surface area contributed by atoms with Crippen molar-refractivity contribution in [2.24, 2.45) is 10.9 Å². The van der Waals surface area contributed by atoms with Gasteiger partial charge in [-0.1, -0.05) is 49.4 Å². The lowest BCUT2D eigenvalue weighted by atomic mass is 10.2. The van der Waals surface area contributed by atoms with Crippen LogP contribution in [0.4, 0.5) is 0 Å². The smallest absolute Gasteiger partial charge is 0.191 e. The SMILES string of the molecule is CN=C(NCc1cccc(OCCCOC)c1)NCC(C)COCc1ccccc1. The van der Waals surface area contributed by atoms with E-state index in [9.17, 15) is 0 Å². The summed E-state index contributed by atoms with van der Waals surface area (Å²) in [5.41, 5.74) is 2.33. The summed E-state index contributed by atoms with van der Waals surface area (Å²) in [6, 6.07) is 18.3. The van der Waals surface area contributed by atoms with Crippen molar-refractivity contribution in [3.8, 4) is 5.75 Å². The van der Waals surface area contributed by atoms with Crippen LogP contribution in [0.5, 0.6) is 5.75 Å². The Kier molecular flexibility index (Phi) is 11.4. The molecule has 30 heavy (non-hydrogen) atoms. The van der Waals surface area contributed by atoms with Crippen LogP contribution in [-0.4, -0.2) is 46.5 Å². The van der Waals surface area contributed by atoms with Gasteiger partial charge in [0.05, 0.1) is 19.8 Å². The fourth-order valence-corrected chi connectivity index (χ4v) is 2.83. The maximum absolute atomic E-state index is 5.82. The second-order valence-electron chi connectivity index (χ2n) is 7.25. The molecule has 2 aromatic carbocycles. The molecule has 164 valence electrons. The van der Waals surface area contributed by atoms with Crippen LogP contribution in [0.1, 0.15) is 24.5 Å². The lowest BCUT2D eigenvalue weighted by Crippen LogP contribution is -2.39. The summed E-state index contributed by atoms with van der Waals surface area (Å²) in [5, 5.41) is 6.71. The molecule has 0 saturated carbocycles. The first-order valence-corrected chi connectivity index (χ1v) is 10.5. The number of nitrogens with one attached hydrogen (secondary N) is 2. The van der Waals surface area contributed by atoms with Gasteiger partial charge in [-0.25, -0.2) is 0 Å². The van der Waals surface area contributed by atoms with Gasteiger partial charge in [0.15, 0.2) is 5.96 Å². The van der Waals surface area contributed by atoms with Crippen LogP contribution < -0.4 is 15.4 Å². The standard InChI is InChI=1S/C24H35N3O3/c1-20(18-29-19-21-9-5-4-6-10-21)16-26-24(25-2)27-17-22-11-7-12-23(15-22)30-14-8-13-28-3/h4-7,9-12,15,20H,8,13-14,16-19H2,1-3H3,(H2,25,26,27). The molecule has 0 saturated heterocycles. The molecule has 2 N–H and O–H groups in total. The highest BCUT2D eigenvalue weighted by atomic mass is 16.5. The van der Waals surface area contributed by atoms with E-state index >= 15 is 0 Å². The highest BCUT2D eigenvalue weighted by Gasteiger charge is 2.05. The van der Waals surface area contributed by atoms with Crippen molar-refractivity contribution in [2.45, 2.75) is 26.5 Å². The Bertz CT molecular complexity index is 737. The average molecular weight is 414 g/mol. The maximum Gasteiger partial charge on any atom is 0.191 e. The van der Waals surface area contributed by atoms with E-state index in [1.165, 1.54) is 5.56 Å². The van der Waals surface area contributed by atoms with Gasteiger partial charge >= 0.3 is 0 Å². The highest BCUT2D eigenvalue weighted by Crippen LogP contribution is 2.13. The minimum absolute atomic E-state index is 0.371. The number of guanidine groups is 1. The second kappa shape index (κ2) is 14.4. The number of methoxy groups -OCH3 is 1. The van der Waals surface area contributed by atoms with Crippen molar-refractivity contribution in [3.05, 3.63) is 65.7 Å². The molecular weight excluding hydrogens is 378 g/mol. The van der Waals surface area contributed by atoms with Crippen molar-refractivity contribution >= 4 is 5.96 Å². The third-order valence-corrected chi connectivity index (χ3v) is 4.48. The van der Waals surface area contributed by atoms with E-state index in [0.29, 0.717) is 38.9 Å². The maximum atomic E-state index is 5.82. The van der Waals surface area contributed by atoms with Gasteiger partial charge in [-0.05, 0) is 29.2 Å². The van der Waals surface area contributed by atoms with Crippen LogP contribution in [0.2, 0.25) is 0 Å². The molecular formula is C24H35N3O3. The normalized spacial score (nSPS) is 12.4. The molecule has 6 nitrogen and oxygen atoms in total. The topological polar surface area (TPSA) is 64.1 Å². The number of rotatable bonds is 13. The van der Waals surface area contributed by atoms with Gasteiger partial charge in [0.2, 0.25) is 0 Å². The predicted molar refractivity (Wildman–Crippen MR) is 122 cm³/mol. The molecule has 0 aromatic heterocycles. The summed E-state index contributed by atoms with van der Waals surface area (Å²) >= 11 is 0. The van der Waals surface area contributed by atoms with E-state index in [4.69, 9.17) is 14.2 Å². The lowest BCUT2D eigenvalue weighted by Gasteiger charge is -2.16. The Hall–Kier alpha value is -2.57. The Labute approximate surface area is 180 Å². The zero-order valence-electron chi connectivity index (χ0n) is 18.4. The van der Waals surface area contributed by atoms with Crippen molar-refractivity contribution in [3.63, 3.8) is 0 Å². The third-order valence-electron chi connectivity index (χ3n) is 4.48. The first-order valence-electron chi connectivity index (χ1n) is 10.5. The molecule has 1 atom stereocenters. The number of hydrogen-bond donors (Lipinski definition) is 2. The van der Waals surface area contributed by atoms with E-state index in [-0.39, 0.29) is 0 Å². The minimum Gasteiger partial charge on any atom is -0.493 e. The molecule has 0 aliphatic rings. The molecule has 0 radical (unpaired) electrons. The number of aliphatic imine (C=N–C) groups is 1. The molecule has 0 aliphatic carbocycles. The van der Waals surface area contributed by atoms with Crippen LogP contribution >= 0.6 is 0 Å². The van der Waals surface area contributed by atoms with Crippen LogP contribution in [0.25, 0.3) is 0 Å². The fourth-order valence-electron chi connectivity index (χ4n) is 2.83. The predicted octanol–water partition coefficient (Wildman–Crippen LogP) is 3.62. The molecule has 0 bridgehead atoms. The van der Waals surface area contributed by atoms with Gasteiger partial charge < -0.3 is 24.8 Å². The Morgan fingerprint density at radius 1 is 1.00 bits per heavy atom. The van der Waals surface area contributed by atoms with Gasteiger partial charge in [0.25, 0.3) is 0 Å². The van der Waals surface area contributed by atoms with E-state index in [2.05, 4.69) is 40.7 Å². The molecule has 2 aromatic rings. The van der Waals surface area contributed by atoms with Gasteiger partial charge in [-0.3, -0.25) is 4.99 Å². The number of benzene rings is 2. The van der Waals surface area contributed by atoms with Gasteiger partial charge in [0.1, 0.15) is 5.75 Å². The highest BCUT2D eigenvalue weighted by molar-refractivity contribution is 5.79. The second-order valence-corrected chi connectivity index (χ2v) is 7.25. The molecule has 0 aliphatic heterocycles. The molecule has 0 amide bonds. The monoisotopic (exact) mass is 413 g/mol. The summed E-state index contributed by atoms with van der Waals surface area (Å²) in [7, 11) is 3.48. The zero-order chi connectivity index (χ0) is 21.4. The van der Waals surface area contributed by atoms with E-state index in [0.717, 1.165) is 30.2 Å². The molecule has 0 spiro atoms. The Balaban J connectivity index is 1.66. The minimum atomic E-state index is 0.371. The largest absolute Gasteiger partial charge is 0.493 e. The number of nitrogens with zero attached hydrogens (tertiary/aromatic N) is 1. The Morgan fingerprint density at radius 3 is 2.57 bits per heavy atom. The van der Waals surface area contributed by atoms with Crippen LogP contribution in [0.3, 0.4) is 0 Å². The van der Waals surface area contributed by atoms with Gasteiger partial charge in [-0.2, -0.15) is 0 Å². The first kappa shape index (κ1) is 23.7. The van der Waals surface area contributed by atoms with Crippen molar-refractivity contribution in [1.29, 1.82) is 0 Å². The quantitative estimate of drug-likeness (QED) is 0.298. The zero-order valence-corrected chi connectivity index (χ0v) is 18.4. The van der Waals surface area contributed by atoms with Gasteiger partial charge in [0, 0.05) is 40.3 Å². The van der Waals surface area contributed by atoms with Crippen molar-refractivity contribution in [2.75, 3.05) is 40.5 Å². The average Bonchev–Trinajstić information content (AvgIpc) is 2.78.